The zero-order valence-electron chi connectivity index (χ0n) is 9.68. The summed E-state index contributed by atoms with van der Waals surface area (Å²) in [5.74, 6) is -0.409. The van der Waals surface area contributed by atoms with E-state index >= 15 is 0 Å². The molecule has 2 rings (SSSR count). The Morgan fingerprint density at radius 3 is 2.63 bits per heavy atom. The van der Waals surface area contributed by atoms with Crippen molar-refractivity contribution in [2.24, 2.45) is 0 Å². The fourth-order valence-corrected chi connectivity index (χ4v) is 1.70. The highest BCUT2D eigenvalue weighted by atomic mass is 35.5. The van der Waals surface area contributed by atoms with E-state index in [1.54, 1.807) is 24.3 Å². The fourth-order valence-electron chi connectivity index (χ4n) is 1.51. The summed E-state index contributed by atoms with van der Waals surface area (Å²) in [6.07, 6.45) is 0. The molecule has 0 atom stereocenters. The molecule has 0 unspecified atom stereocenters. The van der Waals surface area contributed by atoms with Gasteiger partial charge < -0.3 is 4.74 Å². The maximum absolute atomic E-state index is 13.4. The zero-order valence-corrected chi connectivity index (χ0v) is 10.4. The molecular weight excluding hydrogens is 273 g/mol. The lowest BCUT2D eigenvalue weighted by atomic mass is 10.2. The number of rotatable bonds is 4. The smallest absolute Gasteiger partial charge is 0.304 e. The van der Waals surface area contributed by atoms with Gasteiger partial charge in [-0.05, 0) is 29.8 Å². The second-order valence-electron chi connectivity index (χ2n) is 3.76. The van der Waals surface area contributed by atoms with Gasteiger partial charge in [0.15, 0.2) is 0 Å². The summed E-state index contributed by atoms with van der Waals surface area (Å²) in [5, 5.41) is 10.9. The summed E-state index contributed by atoms with van der Waals surface area (Å²) in [7, 11) is 0. The summed E-state index contributed by atoms with van der Waals surface area (Å²) in [5.41, 5.74) is -0.0653. The van der Waals surface area contributed by atoms with Crippen LogP contribution in [0.1, 0.15) is 5.56 Å². The van der Waals surface area contributed by atoms with E-state index in [4.69, 9.17) is 16.3 Å². The van der Waals surface area contributed by atoms with Crippen molar-refractivity contribution in [3.05, 3.63) is 69.0 Å². The van der Waals surface area contributed by atoms with Gasteiger partial charge in [0.25, 0.3) is 0 Å². The molecule has 2 aromatic rings. The number of hydrogen-bond acceptors (Lipinski definition) is 3. The Kier molecular flexibility index (Phi) is 3.97. The van der Waals surface area contributed by atoms with Crippen LogP contribution in [-0.2, 0) is 6.61 Å². The van der Waals surface area contributed by atoms with Crippen LogP contribution in [0.25, 0.3) is 0 Å². The molecule has 0 amide bonds. The monoisotopic (exact) mass is 281 g/mol. The van der Waals surface area contributed by atoms with Crippen LogP contribution in [0, 0.1) is 15.9 Å². The summed E-state index contributed by atoms with van der Waals surface area (Å²) in [4.78, 5) is 9.70. The molecule has 6 heteroatoms. The second-order valence-corrected chi connectivity index (χ2v) is 4.17. The number of halogens is 2. The summed E-state index contributed by atoms with van der Waals surface area (Å²) in [6, 6.07) is 10.5. The quantitative estimate of drug-likeness (QED) is 0.629. The molecule has 0 aromatic heterocycles. The number of benzene rings is 2. The number of para-hydroxylation sites is 1. The van der Waals surface area contributed by atoms with Gasteiger partial charge in [-0.15, -0.1) is 0 Å². The molecule has 19 heavy (non-hydrogen) atoms. The molecule has 2 aromatic carbocycles. The summed E-state index contributed by atoms with van der Waals surface area (Å²) < 4.78 is 18.8. The SMILES string of the molecule is O=[N+]([O-])c1ccc(COc2ccccc2Cl)cc1F. The van der Waals surface area contributed by atoms with Gasteiger partial charge in [-0.1, -0.05) is 23.7 Å². The number of nitro groups is 1. The predicted octanol–water partition coefficient (Wildman–Crippen LogP) is 3.97. The zero-order chi connectivity index (χ0) is 13.8. The molecule has 0 radical (unpaired) electrons. The van der Waals surface area contributed by atoms with Gasteiger partial charge in [0.05, 0.1) is 9.95 Å². The molecule has 0 aliphatic heterocycles. The first-order chi connectivity index (χ1) is 9.08. The Labute approximate surface area is 113 Å². The van der Waals surface area contributed by atoms with Gasteiger partial charge in [-0.25, -0.2) is 0 Å². The molecule has 0 saturated carbocycles. The lowest BCUT2D eigenvalue weighted by Crippen LogP contribution is -1.98. The highest BCUT2D eigenvalue weighted by Crippen LogP contribution is 2.25. The van der Waals surface area contributed by atoms with Gasteiger partial charge in [0.2, 0.25) is 5.82 Å². The van der Waals surface area contributed by atoms with Crippen LogP contribution in [0.3, 0.4) is 0 Å². The lowest BCUT2D eigenvalue weighted by molar-refractivity contribution is -0.387. The van der Waals surface area contributed by atoms with Crippen LogP contribution < -0.4 is 4.74 Å². The molecule has 0 spiro atoms. The normalized spacial score (nSPS) is 10.2. The predicted molar refractivity (Wildman–Crippen MR) is 68.8 cm³/mol. The average molecular weight is 282 g/mol. The third-order valence-electron chi connectivity index (χ3n) is 2.44. The number of nitro benzene ring substituents is 1. The van der Waals surface area contributed by atoms with Crippen molar-refractivity contribution in [1.82, 2.24) is 0 Å². The van der Waals surface area contributed by atoms with Crippen LogP contribution in [0.15, 0.2) is 42.5 Å². The van der Waals surface area contributed by atoms with Crippen molar-refractivity contribution >= 4 is 17.3 Å². The molecule has 0 heterocycles. The third-order valence-corrected chi connectivity index (χ3v) is 2.75. The molecule has 0 aliphatic rings. The van der Waals surface area contributed by atoms with E-state index in [1.807, 2.05) is 0 Å². The summed E-state index contributed by atoms with van der Waals surface area (Å²) >= 11 is 5.90. The van der Waals surface area contributed by atoms with E-state index < -0.39 is 16.4 Å². The van der Waals surface area contributed by atoms with Gasteiger partial charge >= 0.3 is 5.69 Å². The van der Waals surface area contributed by atoms with Gasteiger partial charge in [0, 0.05) is 6.07 Å². The van der Waals surface area contributed by atoms with Crippen molar-refractivity contribution in [1.29, 1.82) is 0 Å². The van der Waals surface area contributed by atoms with E-state index in [0.717, 1.165) is 12.1 Å². The Bertz CT molecular complexity index is 619. The van der Waals surface area contributed by atoms with Crippen LogP contribution in [0.5, 0.6) is 5.75 Å². The van der Waals surface area contributed by atoms with Crippen LogP contribution in [0.4, 0.5) is 10.1 Å². The minimum Gasteiger partial charge on any atom is -0.487 e. The fraction of sp³-hybridized carbons (Fsp3) is 0.0769. The van der Waals surface area contributed by atoms with Crippen LogP contribution >= 0.6 is 11.6 Å². The summed E-state index contributed by atoms with van der Waals surface area (Å²) in [6.45, 7) is 0.0820. The van der Waals surface area contributed by atoms with Crippen molar-refractivity contribution < 1.29 is 14.1 Å². The topological polar surface area (TPSA) is 52.4 Å². The minimum atomic E-state index is -0.884. The number of hydrogen-bond donors (Lipinski definition) is 0. The number of nitrogens with zero attached hydrogens (tertiary/aromatic N) is 1. The van der Waals surface area contributed by atoms with E-state index in [0.29, 0.717) is 16.3 Å². The molecule has 0 aliphatic carbocycles. The first-order valence-corrected chi connectivity index (χ1v) is 5.76. The Morgan fingerprint density at radius 2 is 2.00 bits per heavy atom. The van der Waals surface area contributed by atoms with Crippen molar-refractivity contribution in [2.75, 3.05) is 0 Å². The molecule has 98 valence electrons. The molecule has 0 saturated heterocycles. The number of ether oxygens (including phenoxy) is 1. The maximum atomic E-state index is 13.4. The van der Waals surface area contributed by atoms with E-state index in [1.165, 1.54) is 6.07 Å². The van der Waals surface area contributed by atoms with Crippen molar-refractivity contribution in [2.45, 2.75) is 6.61 Å². The van der Waals surface area contributed by atoms with Crippen molar-refractivity contribution in [3.63, 3.8) is 0 Å². The van der Waals surface area contributed by atoms with Gasteiger partial charge in [-0.3, -0.25) is 10.1 Å². The van der Waals surface area contributed by atoms with Crippen LogP contribution in [-0.4, -0.2) is 4.92 Å². The first-order valence-electron chi connectivity index (χ1n) is 5.38. The second kappa shape index (κ2) is 5.67. The Morgan fingerprint density at radius 1 is 1.26 bits per heavy atom. The Hall–Kier alpha value is -2.14. The van der Waals surface area contributed by atoms with E-state index in [2.05, 4.69) is 0 Å². The largest absolute Gasteiger partial charge is 0.487 e. The molecule has 0 N–H and O–H groups in total. The molecular formula is C13H9ClFNO3. The molecule has 0 fully saturated rings. The third kappa shape index (κ3) is 3.20. The standard InChI is InChI=1S/C13H9ClFNO3/c14-10-3-1-2-4-13(10)19-8-9-5-6-12(16(17)18)11(15)7-9/h1-7H,8H2. The molecule has 4 nitrogen and oxygen atoms in total. The van der Waals surface area contributed by atoms with E-state index in [-0.39, 0.29) is 6.61 Å². The average Bonchev–Trinajstić information content (AvgIpc) is 2.37. The van der Waals surface area contributed by atoms with E-state index in [9.17, 15) is 14.5 Å². The molecule has 0 bridgehead atoms. The minimum absolute atomic E-state index is 0.0820. The van der Waals surface area contributed by atoms with Crippen molar-refractivity contribution in [3.8, 4) is 5.75 Å². The van der Waals surface area contributed by atoms with Gasteiger partial charge in [0.1, 0.15) is 12.4 Å². The highest BCUT2D eigenvalue weighted by Gasteiger charge is 2.13. The van der Waals surface area contributed by atoms with Gasteiger partial charge in [-0.2, -0.15) is 4.39 Å². The van der Waals surface area contributed by atoms with Crippen LogP contribution in [0.2, 0.25) is 5.02 Å². The maximum Gasteiger partial charge on any atom is 0.304 e. The highest BCUT2D eigenvalue weighted by molar-refractivity contribution is 6.32. The lowest BCUT2D eigenvalue weighted by Gasteiger charge is -2.07. The first kappa shape index (κ1) is 13.3. The Balaban J connectivity index is 2.11.